The maximum Gasteiger partial charge on any atom is 0.243 e. The molecule has 0 radical (unpaired) electrons. The SMILES string of the molecule is O=C(CCc1c(Cl)cccc1Cl)NCCOc1ccc(S(=O)(=O)N2CCCC2)cc1. The summed E-state index contributed by atoms with van der Waals surface area (Å²) in [5.41, 5.74) is 0.760. The highest BCUT2D eigenvalue weighted by molar-refractivity contribution is 7.89. The lowest BCUT2D eigenvalue weighted by Gasteiger charge is -2.15. The third-order valence-corrected chi connectivity index (χ3v) is 7.50. The number of rotatable bonds is 9. The maximum atomic E-state index is 12.5. The zero-order valence-electron chi connectivity index (χ0n) is 16.4. The van der Waals surface area contributed by atoms with Gasteiger partial charge < -0.3 is 10.1 Å². The Morgan fingerprint density at radius 2 is 1.67 bits per heavy atom. The number of carbonyl (C=O) groups is 1. The lowest BCUT2D eigenvalue weighted by Crippen LogP contribution is -2.28. The van der Waals surface area contributed by atoms with E-state index in [2.05, 4.69) is 5.32 Å². The van der Waals surface area contributed by atoms with Crippen LogP contribution in [0, 0.1) is 0 Å². The molecule has 1 aliphatic rings. The van der Waals surface area contributed by atoms with E-state index in [9.17, 15) is 13.2 Å². The molecular weight excluding hydrogens is 447 g/mol. The molecule has 0 unspecified atom stereocenters. The molecule has 0 bridgehead atoms. The predicted molar refractivity (Wildman–Crippen MR) is 118 cm³/mol. The van der Waals surface area contributed by atoms with Crippen LogP contribution in [0.3, 0.4) is 0 Å². The van der Waals surface area contributed by atoms with Crippen LogP contribution < -0.4 is 10.1 Å². The molecular formula is C21H24Cl2N2O4S. The van der Waals surface area contributed by atoms with Crippen molar-refractivity contribution in [3.8, 4) is 5.75 Å². The van der Waals surface area contributed by atoms with Gasteiger partial charge in [-0.25, -0.2) is 8.42 Å². The molecule has 3 rings (SSSR count). The van der Waals surface area contributed by atoms with Crippen molar-refractivity contribution in [3.05, 3.63) is 58.1 Å². The molecule has 2 aromatic rings. The second-order valence-corrected chi connectivity index (χ2v) is 9.73. The summed E-state index contributed by atoms with van der Waals surface area (Å²) < 4.78 is 32.1. The fourth-order valence-electron chi connectivity index (χ4n) is 3.24. The van der Waals surface area contributed by atoms with Gasteiger partial charge in [0.25, 0.3) is 0 Å². The number of carbonyl (C=O) groups excluding carboxylic acids is 1. The molecule has 0 spiro atoms. The molecule has 0 saturated carbocycles. The topological polar surface area (TPSA) is 75.7 Å². The second-order valence-electron chi connectivity index (χ2n) is 6.98. The Morgan fingerprint density at radius 1 is 1.03 bits per heavy atom. The number of hydrogen-bond donors (Lipinski definition) is 1. The highest BCUT2D eigenvalue weighted by atomic mass is 35.5. The summed E-state index contributed by atoms with van der Waals surface area (Å²) in [6.45, 7) is 1.76. The van der Waals surface area contributed by atoms with Crippen LogP contribution >= 0.6 is 23.2 Å². The molecule has 1 amide bonds. The number of sulfonamides is 1. The minimum absolute atomic E-state index is 0.123. The van der Waals surface area contributed by atoms with Crippen molar-refractivity contribution in [2.45, 2.75) is 30.6 Å². The van der Waals surface area contributed by atoms with Gasteiger partial charge in [-0.15, -0.1) is 0 Å². The van der Waals surface area contributed by atoms with Crippen molar-refractivity contribution in [1.29, 1.82) is 0 Å². The van der Waals surface area contributed by atoms with Crippen molar-refractivity contribution >= 4 is 39.1 Å². The minimum Gasteiger partial charge on any atom is -0.492 e. The highest BCUT2D eigenvalue weighted by Crippen LogP contribution is 2.25. The number of nitrogens with zero attached hydrogens (tertiary/aromatic N) is 1. The first-order valence-corrected chi connectivity index (χ1v) is 12.0. The average molecular weight is 471 g/mol. The highest BCUT2D eigenvalue weighted by Gasteiger charge is 2.26. The number of benzene rings is 2. The van der Waals surface area contributed by atoms with Gasteiger partial charge in [0.2, 0.25) is 15.9 Å². The van der Waals surface area contributed by atoms with Crippen LogP contribution in [0.5, 0.6) is 5.75 Å². The van der Waals surface area contributed by atoms with E-state index in [0.29, 0.717) is 41.8 Å². The van der Waals surface area contributed by atoms with E-state index in [0.717, 1.165) is 18.4 Å². The van der Waals surface area contributed by atoms with E-state index in [4.69, 9.17) is 27.9 Å². The van der Waals surface area contributed by atoms with Crippen LogP contribution in [0.15, 0.2) is 47.4 Å². The molecule has 162 valence electrons. The normalized spacial score (nSPS) is 14.6. The van der Waals surface area contributed by atoms with Gasteiger partial charge in [0, 0.05) is 29.6 Å². The van der Waals surface area contributed by atoms with Crippen LogP contribution in [0.2, 0.25) is 10.0 Å². The molecule has 2 aromatic carbocycles. The van der Waals surface area contributed by atoms with E-state index in [1.165, 1.54) is 4.31 Å². The molecule has 1 aliphatic heterocycles. The van der Waals surface area contributed by atoms with Crippen LogP contribution in [0.1, 0.15) is 24.8 Å². The largest absolute Gasteiger partial charge is 0.492 e. The summed E-state index contributed by atoms with van der Waals surface area (Å²) in [7, 11) is -3.43. The van der Waals surface area contributed by atoms with Crippen LogP contribution in [0.4, 0.5) is 0 Å². The van der Waals surface area contributed by atoms with Crippen molar-refractivity contribution in [2.75, 3.05) is 26.2 Å². The summed E-state index contributed by atoms with van der Waals surface area (Å²) in [6, 6.07) is 11.6. The van der Waals surface area contributed by atoms with Gasteiger partial charge in [-0.3, -0.25) is 4.79 Å². The quantitative estimate of drug-likeness (QED) is 0.563. The Bertz CT molecular complexity index is 955. The van der Waals surface area contributed by atoms with Gasteiger partial charge in [0.15, 0.2) is 0 Å². The zero-order valence-corrected chi connectivity index (χ0v) is 18.8. The molecule has 9 heteroatoms. The molecule has 0 aliphatic carbocycles. The fourth-order valence-corrected chi connectivity index (χ4v) is 5.35. The molecule has 1 fully saturated rings. The smallest absolute Gasteiger partial charge is 0.243 e. The molecule has 0 atom stereocenters. The number of amides is 1. The van der Waals surface area contributed by atoms with Gasteiger partial charge in [0.1, 0.15) is 12.4 Å². The lowest BCUT2D eigenvalue weighted by atomic mass is 10.1. The first-order chi connectivity index (χ1) is 14.4. The van der Waals surface area contributed by atoms with E-state index < -0.39 is 10.0 Å². The predicted octanol–water partition coefficient (Wildman–Crippen LogP) is 3.91. The number of nitrogens with one attached hydrogen (secondary N) is 1. The fraction of sp³-hybridized carbons (Fsp3) is 0.381. The Labute approximate surface area is 187 Å². The molecule has 30 heavy (non-hydrogen) atoms. The number of halogens is 2. The summed E-state index contributed by atoms with van der Waals surface area (Å²) in [5.74, 6) is 0.425. The lowest BCUT2D eigenvalue weighted by molar-refractivity contribution is -0.121. The Morgan fingerprint density at radius 3 is 2.30 bits per heavy atom. The van der Waals surface area contributed by atoms with Crippen LogP contribution in [-0.2, 0) is 21.2 Å². The summed E-state index contributed by atoms with van der Waals surface area (Å²) in [4.78, 5) is 12.3. The van der Waals surface area contributed by atoms with Crippen LogP contribution in [-0.4, -0.2) is 44.9 Å². The first-order valence-electron chi connectivity index (χ1n) is 9.80. The van der Waals surface area contributed by atoms with Gasteiger partial charge in [-0.2, -0.15) is 4.31 Å². The average Bonchev–Trinajstić information content (AvgIpc) is 3.27. The first kappa shape index (κ1) is 22.9. The van der Waals surface area contributed by atoms with Gasteiger partial charge >= 0.3 is 0 Å². The van der Waals surface area contributed by atoms with Crippen LogP contribution in [0.25, 0.3) is 0 Å². The van der Waals surface area contributed by atoms with E-state index in [1.54, 1.807) is 42.5 Å². The molecule has 6 nitrogen and oxygen atoms in total. The molecule has 1 N–H and O–H groups in total. The third kappa shape index (κ3) is 5.88. The third-order valence-electron chi connectivity index (χ3n) is 4.88. The van der Waals surface area contributed by atoms with Crippen molar-refractivity contribution in [3.63, 3.8) is 0 Å². The Balaban J connectivity index is 1.40. The van der Waals surface area contributed by atoms with Crippen molar-refractivity contribution < 1.29 is 17.9 Å². The molecule has 1 saturated heterocycles. The van der Waals surface area contributed by atoms with E-state index in [1.807, 2.05) is 0 Å². The standard InChI is InChI=1S/C21H24Cl2N2O4S/c22-19-4-3-5-20(23)18(19)10-11-21(26)24-12-15-29-16-6-8-17(9-7-16)30(27,28)25-13-1-2-14-25/h3-9H,1-2,10-15H2,(H,24,26). The van der Waals surface area contributed by atoms with E-state index >= 15 is 0 Å². The van der Waals surface area contributed by atoms with Gasteiger partial charge in [0.05, 0.1) is 11.4 Å². The number of hydrogen-bond acceptors (Lipinski definition) is 4. The Hall–Kier alpha value is -1.80. The van der Waals surface area contributed by atoms with Crippen molar-refractivity contribution in [1.82, 2.24) is 9.62 Å². The summed E-state index contributed by atoms with van der Waals surface area (Å²) in [5, 5.41) is 3.88. The monoisotopic (exact) mass is 470 g/mol. The van der Waals surface area contributed by atoms with Crippen molar-refractivity contribution in [2.24, 2.45) is 0 Å². The van der Waals surface area contributed by atoms with Gasteiger partial charge in [-0.1, -0.05) is 29.3 Å². The zero-order chi connectivity index (χ0) is 21.6. The summed E-state index contributed by atoms with van der Waals surface area (Å²) >= 11 is 12.2. The van der Waals surface area contributed by atoms with E-state index in [-0.39, 0.29) is 23.8 Å². The summed E-state index contributed by atoms with van der Waals surface area (Å²) in [6.07, 6.45) is 2.53. The van der Waals surface area contributed by atoms with Gasteiger partial charge in [-0.05, 0) is 61.2 Å². The minimum atomic E-state index is -3.43. The Kier molecular flexibility index (Phi) is 7.99. The second kappa shape index (κ2) is 10.5. The molecule has 0 aromatic heterocycles. The number of ether oxygens (including phenoxy) is 1. The maximum absolute atomic E-state index is 12.5. The molecule has 1 heterocycles.